The van der Waals surface area contributed by atoms with Crippen LogP contribution in [0.25, 0.3) is 22.6 Å². The first kappa shape index (κ1) is 13.6. The summed E-state index contributed by atoms with van der Waals surface area (Å²) in [7, 11) is 0. The molecule has 108 valence electrons. The Balaban J connectivity index is 1.87. The molecule has 0 saturated heterocycles. The minimum atomic E-state index is 0.730. The number of pyridine rings is 1. The smallest absolute Gasteiger partial charge is 0.178 e. The van der Waals surface area contributed by atoms with Crippen molar-refractivity contribution in [1.82, 2.24) is 15.0 Å². The van der Waals surface area contributed by atoms with E-state index in [1.54, 1.807) is 6.20 Å². The van der Waals surface area contributed by atoms with Crippen LogP contribution in [0.1, 0.15) is 26.2 Å². The summed E-state index contributed by atoms with van der Waals surface area (Å²) in [6, 6.07) is 11.9. The number of imidazole rings is 1. The van der Waals surface area contributed by atoms with Crippen LogP contribution in [0.4, 0.5) is 0 Å². The Bertz CT molecular complexity index is 688. The number of nitrogens with one attached hydrogen (secondary N) is 1. The van der Waals surface area contributed by atoms with Crippen LogP contribution in [0.2, 0.25) is 0 Å². The van der Waals surface area contributed by atoms with Gasteiger partial charge in [0.05, 0.1) is 17.7 Å². The second-order valence-corrected chi connectivity index (χ2v) is 5.01. The van der Waals surface area contributed by atoms with Gasteiger partial charge in [-0.1, -0.05) is 31.9 Å². The van der Waals surface area contributed by atoms with Crippen LogP contribution in [0.3, 0.4) is 0 Å². The first-order valence-electron chi connectivity index (χ1n) is 7.41. The molecule has 0 aliphatic carbocycles. The highest BCUT2D eigenvalue weighted by atomic mass is 16.5. The van der Waals surface area contributed by atoms with Crippen molar-refractivity contribution in [2.75, 3.05) is 6.61 Å². The standard InChI is InChI=1S/C17H19N3O/c1-2-3-6-12-21-15-10-5-4-8-13(15)16-19-14-9-7-11-18-17(14)20-16/h4-5,7-11H,2-3,6,12H2,1H3,(H,18,19,20). The molecule has 3 rings (SSSR count). The van der Waals surface area contributed by atoms with Crippen molar-refractivity contribution in [3.63, 3.8) is 0 Å². The fourth-order valence-corrected chi connectivity index (χ4v) is 2.29. The van der Waals surface area contributed by atoms with Crippen LogP contribution in [0.5, 0.6) is 5.75 Å². The van der Waals surface area contributed by atoms with Crippen molar-refractivity contribution in [3.8, 4) is 17.1 Å². The monoisotopic (exact) mass is 281 g/mol. The zero-order valence-electron chi connectivity index (χ0n) is 12.2. The summed E-state index contributed by atoms with van der Waals surface area (Å²) in [5.41, 5.74) is 2.65. The maximum absolute atomic E-state index is 5.91. The zero-order chi connectivity index (χ0) is 14.5. The number of fused-ring (bicyclic) bond motifs is 1. The van der Waals surface area contributed by atoms with E-state index in [0.717, 1.165) is 41.3 Å². The molecule has 21 heavy (non-hydrogen) atoms. The van der Waals surface area contributed by atoms with Crippen LogP contribution in [0, 0.1) is 0 Å². The van der Waals surface area contributed by atoms with Gasteiger partial charge in [-0.25, -0.2) is 9.97 Å². The van der Waals surface area contributed by atoms with Crippen molar-refractivity contribution < 1.29 is 4.74 Å². The Labute approximate surface area is 124 Å². The van der Waals surface area contributed by atoms with Gasteiger partial charge in [-0.2, -0.15) is 0 Å². The highest BCUT2D eigenvalue weighted by Crippen LogP contribution is 2.29. The molecule has 0 aliphatic rings. The summed E-state index contributed by atoms with van der Waals surface area (Å²) in [6.45, 7) is 2.93. The number of para-hydroxylation sites is 1. The van der Waals surface area contributed by atoms with Crippen LogP contribution < -0.4 is 4.74 Å². The van der Waals surface area contributed by atoms with E-state index in [1.807, 2.05) is 36.4 Å². The second kappa shape index (κ2) is 6.39. The number of hydrogen-bond acceptors (Lipinski definition) is 3. The van der Waals surface area contributed by atoms with Gasteiger partial charge in [-0.3, -0.25) is 0 Å². The Morgan fingerprint density at radius 3 is 2.86 bits per heavy atom. The van der Waals surface area contributed by atoms with E-state index in [1.165, 1.54) is 12.8 Å². The fraction of sp³-hybridized carbons (Fsp3) is 0.294. The van der Waals surface area contributed by atoms with E-state index >= 15 is 0 Å². The largest absolute Gasteiger partial charge is 0.493 e. The average Bonchev–Trinajstić information content (AvgIpc) is 2.96. The Morgan fingerprint density at radius 2 is 2.00 bits per heavy atom. The topological polar surface area (TPSA) is 50.8 Å². The number of aromatic nitrogens is 3. The lowest BCUT2D eigenvalue weighted by atomic mass is 10.2. The zero-order valence-corrected chi connectivity index (χ0v) is 12.2. The van der Waals surface area contributed by atoms with Crippen LogP contribution in [-0.2, 0) is 0 Å². The Hall–Kier alpha value is -2.36. The first-order valence-corrected chi connectivity index (χ1v) is 7.41. The van der Waals surface area contributed by atoms with E-state index in [-0.39, 0.29) is 0 Å². The minimum absolute atomic E-state index is 0.730. The van der Waals surface area contributed by atoms with Gasteiger partial charge in [0.2, 0.25) is 0 Å². The molecule has 4 heteroatoms. The molecule has 0 atom stereocenters. The summed E-state index contributed by atoms with van der Waals surface area (Å²) in [6.07, 6.45) is 5.21. The van der Waals surface area contributed by atoms with Gasteiger partial charge in [0, 0.05) is 6.20 Å². The summed E-state index contributed by atoms with van der Waals surface area (Å²) in [5.74, 6) is 1.67. The SMILES string of the molecule is CCCCCOc1ccccc1-c1nc2ncccc2[nH]1. The number of benzene rings is 1. The molecule has 2 aromatic heterocycles. The van der Waals surface area contributed by atoms with Crippen LogP contribution >= 0.6 is 0 Å². The van der Waals surface area contributed by atoms with E-state index in [0.29, 0.717) is 0 Å². The number of H-pyrrole nitrogens is 1. The number of nitrogens with zero attached hydrogens (tertiary/aromatic N) is 2. The molecule has 0 saturated carbocycles. The highest BCUT2D eigenvalue weighted by molar-refractivity contribution is 5.77. The van der Waals surface area contributed by atoms with Crippen molar-refractivity contribution in [2.24, 2.45) is 0 Å². The van der Waals surface area contributed by atoms with Gasteiger partial charge in [0.25, 0.3) is 0 Å². The predicted molar refractivity (Wildman–Crippen MR) is 84.3 cm³/mol. The highest BCUT2D eigenvalue weighted by Gasteiger charge is 2.10. The molecule has 3 aromatic rings. The molecular weight excluding hydrogens is 262 g/mol. The third-order valence-electron chi connectivity index (χ3n) is 3.41. The number of aromatic amines is 1. The Morgan fingerprint density at radius 1 is 1.10 bits per heavy atom. The number of hydrogen-bond donors (Lipinski definition) is 1. The first-order chi connectivity index (χ1) is 10.4. The number of ether oxygens (including phenoxy) is 1. The number of unbranched alkanes of at least 4 members (excludes halogenated alkanes) is 2. The van der Waals surface area contributed by atoms with Crippen molar-refractivity contribution in [1.29, 1.82) is 0 Å². The second-order valence-electron chi connectivity index (χ2n) is 5.01. The summed E-state index contributed by atoms with van der Waals surface area (Å²) in [4.78, 5) is 12.1. The summed E-state index contributed by atoms with van der Waals surface area (Å²) < 4.78 is 5.91. The molecular formula is C17H19N3O. The van der Waals surface area contributed by atoms with Gasteiger partial charge in [-0.15, -0.1) is 0 Å². The lowest BCUT2D eigenvalue weighted by Gasteiger charge is -2.09. The summed E-state index contributed by atoms with van der Waals surface area (Å²) in [5, 5.41) is 0. The van der Waals surface area contributed by atoms with Gasteiger partial charge in [0.1, 0.15) is 11.6 Å². The predicted octanol–water partition coefficient (Wildman–Crippen LogP) is 4.19. The number of rotatable bonds is 6. The molecule has 2 heterocycles. The maximum atomic E-state index is 5.91. The molecule has 0 radical (unpaired) electrons. The third-order valence-corrected chi connectivity index (χ3v) is 3.41. The van der Waals surface area contributed by atoms with Gasteiger partial charge >= 0.3 is 0 Å². The molecule has 0 fully saturated rings. The normalized spacial score (nSPS) is 10.9. The average molecular weight is 281 g/mol. The lowest BCUT2D eigenvalue weighted by Crippen LogP contribution is -1.98. The summed E-state index contributed by atoms with van der Waals surface area (Å²) >= 11 is 0. The third kappa shape index (κ3) is 3.05. The van der Waals surface area contributed by atoms with Crippen molar-refractivity contribution in [3.05, 3.63) is 42.6 Å². The van der Waals surface area contributed by atoms with E-state index in [9.17, 15) is 0 Å². The molecule has 0 spiro atoms. The molecule has 0 unspecified atom stereocenters. The van der Waals surface area contributed by atoms with Crippen molar-refractivity contribution >= 4 is 11.2 Å². The Kier molecular flexibility index (Phi) is 4.15. The fourth-order valence-electron chi connectivity index (χ4n) is 2.29. The molecule has 1 aromatic carbocycles. The quantitative estimate of drug-likeness (QED) is 0.689. The van der Waals surface area contributed by atoms with Crippen LogP contribution in [0.15, 0.2) is 42.6 Å². The van der Waals surface area contributed by atoms with Gasteiger partial charge < -0.3 is 9.72 Å². The van der Waals surface area contributed by atoms with Crippen LogP contribution in [-0.4, -0.2) is 21.6 Å². The lowest BCUT2D eigenvalue weighted by molar-refractivity contribution is 0.307. The van der Waals surface area contributed by atoms with Gasteiger partial charge in [-0.05, 0) is 30.7 Å². The molecule has 0 aliphatic heterocycles. The van der Waals surface area contributed by atoms with Crippen molar-refractivity contribution in [2.45, 2.75) is 26.2 Å². The molecule has 4 nitrogen and oxygen atoms in total. The van der Waals surface area contributed by atoms with E-state index in [4.69, 9.17) is 4.74 Å². The van der Waals surface area contributed by atoms with E-state index in [2.05, 4.69) is 21.9 Å². The van der Waals surface area contributed by atoms with E-state index < -0.39 is 0 Å². The minimum Gasteiger partial charge on any atom is -0.493 e. The van der Waals surface area contributed by atoms with Gasteiger partial charge in [0.15, 0.2) is 5.65 Å². The molecule has 1 N–H and O–H groups in total. The molecule has 0 bridgehead atoms. The molecule has 0 amide bonds. The maximum Gasteiger partial charge on any atom is 0.178 e.